The second-order valence-electron chi connectivity index (χ2n) is 8.06. The van der Waals surface area contributed by atoms with Gasteiger partial charge in [-0.1, -0.05) is 60.1 Å². The molecule has 39 heavy (non-hydrogen) atoms. The molecule has 1 amide bonds. The average Bonchev–Trinajstić information content (AvgIpc) is 2.88. The Balaban J connectivity index is 0.00000420. The number of nitrogens with one attached hydrogen (secondary N) is 1. The molecule has 0 aliphatic carbocycles. The Bertz CT molecular complexity index is 1710. The van der Waals surface area contributed by atoms with Crippen LogP contribution in [-0.4, -0.2) is 26.0 Å². The van der Waals surface area contributed by atoms with Gasteiger partial charge in [-0.05, 0) is 47.7 Å². The Morgan fingerprint density at radius 2 is 1.77 bits per heavy atom. The first-order chi connectivity index (χ1) is 18.0. The van der Waals surface area contributed by atoms with Crippen molar-refractivity contribution in [2.45, 2.75) is 18.2 Å². The SMILES string of the molecule is CCc1cc(S(=O)(=O)O)c(Cl)cc1N=Nc1c([O-])c(C(=O)Nc2ccc(OC)cc2Cl)cc2ccccc12.[Na+]. The van der Waals surface area contributed by atoms with Crippen molar-refractivity contribution in [3.05, 3.63) is 81.8 Å². The number of halogens is 2. The first-order valence-electron chi connectivity index (χ1n) is 11.1. The zero-order chi connectivity index (χ0) is 27.6. The molecule has 4 aromatic rings. The Labute approximate surface area is 256 Å². The maximum Gasteiger partial charge on any atom is 1.00 e. The average molecular weight is 596 g/mol. The van der Waals surface area contributed by atoms with Crippen molar-refractivity contribution in [2.75, 3.05) is 12.4 Å². The fourth-order valence-electron chi connectivity index (χ4n) is 3.75. The van der Waals surface area contributed by atoms with Gasteiger partial charge in [0.2, 0.25) is 0 Å². The van der Waals surface area contributed by atoms with Gasteiger partial charge in [0.25, 0.3) is 16.0 Å². The van der Waals surface area contributed by atoms with E-state index in [0.717, 1.165) is 0 Å². The number of fused-ring (bicyclic) bond motifs is 1. The van der Waals surface area contributed by atoms with E-state index in [9.17, 15) is 22.9 Å². The minimum Gasteiger partial charge on any atom is -0.870 e. The van der Waals surface area contributed by atoms with Gasteiger partial charge in [0, 0.05) is 17.0 Å². The van der Waals surface area contributed by atoms with Crippen LogP contribution in [0, 0.1) is 0 Å². The van der Waals surface area contributed by atoms with Crippen LogP contribution in [0.5, 0.6) is 11.5 Å². The minimum atomic E-state index is -4.55. The first-order valence-corrected chi connectivity index (χ1v) is 13.3. The van der Waals surface area contributed by atoms with Gasteiger partial charge in [0.1, 0.15) is 10.6 Å². The minimum absolute atomic E-state index is 0. The normalized spacial score (nSPS) is 11.4. The van der Waals surface area contributed by atoms with Crippen molar-refractivity contribution in [2.24, 2.45) is 10.2 Å². The molecule has 0 heterocycles. The van der Waals surface area contributed by atoms with Crippen LogP contribution in [-0.2, 0) is 16.5 Å². The molecule has 0 saturated heterocycles. The molecular formula is C26H20Cl2N3NaO6S. The van der Waals surface area contributed by atoms with Crippen molar-refractivity contribution in [1.82, 2.24) is 0 Å². The summed E-state index contributed by atoms with van der Waals surface area (Å²) in [5, 5.41) is 25.4. The van der Waals surface area contributed by atoms with Crippen LogP contribution < -0.4 is 44.7 Å². The monoisotopic (exact) mass is 595 g/mol. The summed E-state index contributed by atoms with van der Waals surface area (Å²) in [7, 11) is -3.06. The Morgan fingerprint density at radius 3 is 2.41 bits per heavy atom. The van der Waals surface area contributed by atoms with E-state index in [-0.39, 0.29) is 62.2 Å². The molecule has 0 fully saturated rings. The van der Waals surface area contributed by atoms with Crippen LogP contribution in [0.2, 0.25) is 10.0 Å². The van der Waals surface area contributed by atoms with Crippen molar-refractivity contribution >= 4 is 67.1 Å². The molecule has 0 radical (unpaired) electrons. The number of hydrogen-bond donors (Lipinski definition) is 2. The maximum atomic E-state index is 13.4. The molecule has 0 spiro atoms. The van der Waals surface area contributed by atoms with Crippen LogP contribution in [0.1, 0.15) is 22.8 Å². The quantitative estimate of drug-likeness (QED) is 0.189. The third-order valence-corrected chi connectivity index (χ3v) is 7.33. The van der Waals surface area contributed by atoms with Crippen molar-refractivity contribution in [3.8, 4) is 11.5 Å². The molecule has 13 heteroatoms. The Morgan fingerprint density at radius 1 is 1.05 bits per heavy atom. The topological polar surface area (TPSA) is 140 Å². The van der Waals surface area contributed by atoms with E-state index in [4.69, 9.17) is 27.9 Å². The molecule has 0 saturated carbocycles. The van der Waals surface area contributed by atoms with Gasteiger partial charge in [-0.3, -0.25) is 9.35 Å². The van der Waals surface area contributed by atoms with Crippen LogP contribution >= 0.6 is 23.2 Å². The van der Waals surface area contributed by atoms with Gasteiger partial charge in [-0.2, -0.15) is 18.6 Å². The number of methoxy groups -OCH3 is 1. The van der Waals surface area contributed by atoms with Crippen molar-refractivity contribution in [1.29, 1.82) is 0 Å². The second kappa shape index (κ2) is 12.6. The molecule has 4 aromatic carbocycles. The molecule has 2 N–H and O–H groups in total. The van der Waals surface area contributed by atoms with E-state index < -0.39 is 26.7 Å². The number of hydrogen-bond acceptors (Lipinski definition) is 7. The molecular weight excluding hydrogens is 576 g/mol. The number of rotatable bonds is 7. The number of anilines is 1. The van der Waals surface area contributed by atoms with Gasteiger partial charge in [0.15, 0.2) is 0 Å². The van der Waals surface area contributed by atoms with Gasteiger partial charge in [-0.25, -0.2) is 0 Å². The van der Waals surface area contributed by atoms with E-state index in [0.29, 0.717) is 28.5 Å². The maximum absolute atomic E-state index is 13.4. The Kier molecular flexibility index (Phi) is 10.0. The number of carbonyl (C=O) groups excluding carboxylic acids is 1. The van der Waals surface area contributed by atoms with Crippen LogP contribution in [0.25, 0.3) is 10.8 Å². The van der Waals surface area contributed by atoms with E-state index in [2.05, 4.69) is 15.5 Å². The summed E-state index contributed by atoms with van der Waals surface area (Å²) in [6.45, 7) is 1.75. The molecule has 0 bridgehead atoms. The zero-order valence-electron chi connectivity index (χ0n) is 21.0. The van der Waals surface area contributed by atoms with Gasteiger partial charge >= 0.3 is 29.6 Å². The molecule has 0 aliphatic heterocycles. The van der Waals surface area contributed by atoms with Crippen LogP contribution in [0.3, 0.4) is 0 Å². The summed E-state index contributed by atoms with van der Waals surface area (Å²) in [6, 6.07) is 15.4. The summed E-state index contributed by atoms with van der Waals surface area (Å²) in [5.74, 6) is -0.866. The molecule has 0 atom stereocenters. The molecule has 196 valence electrons. The predicted molar refractivity (Wildman–Crippen MR) is 144 cm³/mol. The number of carbonyl (C=O) groups is 1. The number of azo groups is 1. The summed E-state index contributed by atoms with van der Waals surface area (Å²) in [5.41, 5.74) is 0.638. The standard InChI is InChI=1S/C26H21Cl2N3O6S.Na/c1-3-14-11-23(38(34,35)36)20(28)13-22(14)30-31-24-17-7-5-4-6-15(17)10-18(25(24)32)26(33)29-21-9-8-16(37-2)12-19(21)27;/h4-13,32H,3H2,1-2H3,(H,29,33)(H,34,35,36);/q;+1/p-1. The number of aryl methyl sites for hydroxylation is 1. The van der Waals surface area contributed by atoms with E-state index in [1.165, 1.54) is 31.4 Å². The first kappa shape index (κ1) is 30.8. The zero-order valence-corrected chi connectivity index (χ0v) is 25.4. The smallest absolute Gasteiger partial charge is 0.870 e. The fraction of sp³-hybridized carbons (Fsp3) is 0.115. The predicted octanol–water partition coefficient (Wildman–Crippen LogP) is 3.71. The van der Waals surface area contributed by atoms with E-state index in [1.54, 1.807) is 43.3 Å². The van der Waals surface area contributed by atoms with Crippen molar-refractivity contribution < 1.29 is 57.2 Å². The number of ether oxygens (including phenoxy) is 1. The Hall–Kier alpha value is -2.70. The number of nitrogens with zero attached hydrogens (tertiary/aromatic N) is 2. The summed E-state index contributed by atoms with van der Waals surface area (Å²) >= 11 is 12.3. The third kappa shape index (κ3) is 6.72. The summed E-state index contributed by atoms with van der Waals surface area (Å²) < 4.78 is 37.8. The van der Waals surface area contributed by atoms with E-state index >= 15 is 0 Å². The summed E-state index contributed by atoms with van der Waals surface area (Å²) in [6.07, 6.45) is 0.337. The van der Waals surface area contributed by atoms with Crippen molar-refractivity contribution in [3.63, 3.8) is 0 Å². The second-order valence-corrected chi connectivity index (χ2v) is 10.3. The van der Waals surface area contributed by atoms with Crippen LogP contribution in [0.4, 0.5) is 17.1 Å². The largest absolute Gasteiger partial charge is 1.00 e. The fourth-order valence-corrected chi connectivity index (χ4v) is 5.02. The van der Waals surface area contributed by atoms with Crippen LogP contribution in [0.15, 0.2) is 75.8 Å². The van der Waals surface area contributed by atoms with Gasteiger partial charge in [0.05, 0.1) is 34.2 Å². The van der Waals surface area contributed by atoms with E-state index in [1.807, 2.05) is 0 Å². The molecule has 4 rings (SSSR count). The number of amides is 1. The van der Waals surface area contributed by atoms with Gasteiger partial charge < -0.3 is 15.2 Å². The molecule has 9 nitrogen and oxygen atoms in total. The van der Waals surface area contributed by atoms with Gasteiger partial charge in [-0.15, -0.1) is 0 Å². The molecule has 0 unspecified atom stereocenters. The number of benzene rings is 4. The molecule has 0 aliphatic rings. The third-order valence-electron chi connectivity index (χ3n) is 5.69. The summed E-state index contributed by atoms with van der Waals surface area (Å²) in [4.78, 5) is 12.7. The molecule has 0 aromatic heterocycles.